The van der Waals surface area contributed by atoms with Crippen LogP contribution in [0, 0.1) is 6.92 Å². The molecule has 1 aromatic heterocycles. The van der Waals surface area contributed by atoms with Gasteiger partial charge in [-0.2, -0.15) is 5.10 Å². The number of hydrazone groups is 1. The third kappa shape index (κ3) is 4.88. The molecule has 3 aromatic rings. The Hall–Kier alpha value is -2.89. The molecule has 0 radical (unpaired) electrons. The zero-order valence-corrected chi connectivity index (χ0v) is 16.5. The maximum Gasteiger partial charge on any atom is 0.276 e. The minimum absolute atomic E-state index is 0.00830. The van der Waals surface area contributed by atoms with E-state index in [1.54, 1.807) is 30.5 Å². The van der Waals surface area contributed by atoms with Gasteiger partial charge in [-0.1, -0.05) is 59.1 Å². The predicted octanol–water partition coefficient (Wildman–Crippen LogP) is 4.28. The van der Waals surface area contributed by atoms with E-state index < -0.39 is 5.91 Å². The minimum Gasteiger partial charge on any atom is -0.310 e. The van der Waals surface area contributed by atoms with Crippen LogP contribution >= 0.6 is 23.2 Å². The van der Waals surface area contributed by atoms with Crippen molar-refractivity contribution in [3.05, 3.63) is 103 Å². The van der Waals surface area contributed by atoms with Gasteiger partial charge in [-0.25, -0.2) is 5.43 Å². The average Bonchev–Trinajstić information content (AvgIpc) is 2.67. The summed E-state index contributed by atoms with van der Waals surface area (Å²) in [6.45, 7) is 2.38. The fourth-order valence-corrected chi connectivity index (χ4v) is 3.01. The molecule has 0 unspecified atom stereocenters. The first kappa shape index (κ1) is 19.9. The van der Waals surface area contributed by atoms with Gasteiger partial charge in [0.25, 0.3) is 11.5 Å². The van der Waals surface area contributed by atoms with Crippen molar-refractivity contribution in [2.24, 2.45) is 5.10 Å². The number of aryl methyl sites for hydroxylation is 1. The zero-order valence-electron chi connectivity index (χ0n) is 15.0. The largest absolute Gasteiger partial charge is 0.310 e. The second-order valence-electron chi connectivity index (χ2n) is 6.21. The van der Waals surface area contributed by atoms with Crippen molar-refractivity contribution in [1.82, 2.24) is 9.99 Å². The molecule has 2 aromatic carbocycles. The van der Waals surface area contributed by atoms with Crippen LogP contribution in [0.5, 0.6) is 0 Å². The minimum atomic E-state index is -0.593. The van der Waals surface area contributed by atoms with Crippen molar-refractivity contribution in [2.75, 3.05) is 0 Å². The van der Waals surface area contributed by atoms with E-state index in [4.69, 9.17) is 23.2 Å². The lowest BCUT2D eigenvalue weighted by molar-refractivity contribution is 0.0953. The summed E-state index contributed by atoms with van der Waals surface area (Å²) >= 11 is 11.9. The number of halogens is 2. The molecular weight excluding hydrogens is 397 g/mol. The van der Waals surface area contributed by atoms with E-state index in [2.05, 4.69) is 10.5 Å². The molecule has 0 aliphatic carbocycles. The van der Waals surface area contributed by atoms with Gasteiger partial charge in [0.1, 0.15) is 5.56 Å². The molecular formula is C21H17Cl2N3O2. The Kier molecular flexibility index (Phi) is 6.29. The third-order valence-corrected chi connectivity index (χ3v) is 4.63. The fourth-order valence-electron chi connectivity index (χ4n) is 2.55. The van der Waals surface area contributed by atoms with Crippen molar-refractivity contribution < 1.29 is 4.79 Å². The van der Waals surface area contributed by atoms with E-state index in [0.29, 0.717) is 22.2 Å². The third-order valence-electron chi connectivity index (χ3n) is 4.07. The topological polar surface area (TPSA) is 63.5 Å². The first-order chi connectivity index (χ1) is 13.4. The molecule has 1 amide bonds. The highest BCUT2D eigenvalue weighted by atomic mass is 35.5. The molecule has 0 spiro atoms. The van der Waals surface area contributed by atoms with E-state index in [9.17, 15) is 9.59 Å². The lowest BCUT2D eigenvalue weighted by Crippen LogP contribution is -2.30. The number of rotatable bonds is 5. The number of carbonyl (C=O) groups excluding carboxylic acids is 1. The van der Waals surface area contributed by atoms with Gasteiger partial charge in [-0.15, -0.1) is 0 Å². The van der Waals surface area contributed by atoms with Crippen LogP contribution in [0.1, 0.15) is 27.0 Å². The highest BCUT2D eigenvalue weighted by Crippen LogP contribution is 2.19. The summed E-state index contributed by atoms with van der Waals surface area (Å²) in [7, 11) is 0. The van der Waals surface area contributed by atoms with Gasteiger partial charge in [0.2, 0.25) is 0 Å². The van der Waals surface area contributed by atoms with E-state index in [1.807, 2.05) is 31.2 Å². The van der Waals surface area contributed by atoms with Crippen LogP contribution in [0.4, 0.5) is 0 Å². The predicted molar refractivity (Wildman–Crippen MR) is 113 cm³/mol. The van der Waals surface area contributed by atoms with E-state index in [0.717, 1.165) is 11.1 Å². The lowest BCUT2D eigenvalue weighted by Gasteiger charge is -2.08. The van der Waals surface area contributed by atoms with Crippen LogP contribution in [0.3, 0.4) is 0 Å². The quantitative estimate of drug-likeness (QED) is 0.501. The summed E-state index contributed by atoms with van der Waals surface area (Å²) < 4.78 is 1.49. The molecule has 1 N–H and O–H groups in total. The first-order valence-electron chi connectivity index (χ1n) is 8.47. The molecule has 0 bridgehead atoms. The zero-order chi connectivity index (χ0) is 20.1. The van der Waals surface area contributed by atoms with Crippen LogP contribution in [0.15, 0.2) is 70.7 Å². The van der Waals surface area contributed by atoms with Crippen LogP contribution in [0.2, 0.25) is 10.0 Å². The van der Waals surface area contributed by atoms with Gasteiger partial charge < -0.3 is 4.57 Å². The van der Waals surface area contributed by atoms with Gasteiger partial charge in [0.15, 0.2) is 0 Å². The summed E-state index contributed by atoms with van der Waals surface area (Å²) in [6.07, 6.45) is 3.04. The van der Waals surface area contributed by atoms with Gasteiger partial charge in [-0.3, -0.25) is 9.59 Å². The molecule has 0 aliphatic rings. The van der Waals surface area contributed by atoms with Gasteiger partial charge in [-0.05, 0) is 36.8 Å². The van der Waals surface area contributed by atoms with Crippen molar-refractivity contribution in [3.8, 4) is 0 Å². The Morgan fingerprint density at radius 1 is 1.14 bits per heavy atom. The number of benzene rings is 2. The molecule has 5 nitrogen and oxygen atoms in total. The van der Waals surface area contributed by atoms with E-state index in [-0.39, 0.29) is 11.1 Å². The van der Waals surface area contributed by atoms with Crippen LogP contribution in [0.25, 0.3) is 0 Å². The Morgan fingerprint density at radius 3 is 2.61 bits per heavy atom. The monoisotopic (exact) mass is 413 g/mol. The molecule has 142 valence electrons. The van der Waals surface area contributed by atoms with Gasteiger partial charge in [0.05, 0.1) is 17.8 Å². The molecule has 0 saturated heterocycles. The smallest absolute Gasteiger partial charge is 0.276 e. The molecule has 0 atom stereocenters. The molecule has 28 heavy (non-hydrogen) atoms. The number of nitrogens with one attached hydrogen (secondary N) is 1. The van der Waals surface area contributed by atoms with Crippen LogP contribution in [-0.4, -0.2) is 16.7 Å². The molecule has 7 heteroatoms. The maximum atomic E-state index is 12.6. The van der Waals surface area contributed by atoms with Crippen LogP contribution < -0.4 is 11.0 Å². The highest BCUT2D eigenvalue weighted by Gasteiger charge is 2.11. The number of amides is 1. The van der Waals surface area contributed by atoms with Gasteiger partial charge in [0, 0.05) is 16.8 Å². The second-order valence-corrected chi connectivity index (χ2v) is 7.05. The summed E-state index contributed by atoms with van der Waals surface area (Å²) in [6, 6.07) is 15.9. The molecule has 0 saturated carbocycles. The first-order valence-corrected chi connectivity index (χ1v) is 9.23. The molecule has 0 aliphatic heterocycles. The van der Waals surface area contributed by atoms with Crippen LogP contribution in [-0.2, 0) is 6.54 Å². The average molecular weight is 414 g/mol. The molecule has 3 rings (SSSR count). The highest BCUT2D eigenvalue weighted by molar-refractivity contribution is 6.36. The van der Waals surface area contributed by atoms with E-state index >= 15 is 0 Å². The van der Waals surface area contributed by atoms with E-state index in [1.165, 1.54) is 16.8 Å². The Balaban J connectivity index is 1.74. The van der Waals surface area contributed by atoms with Crippen molar-refractivity contribution in [3.63, 3.8) is 0 Å². The number of nitrogens with zero attached hydrogens (tertiary/aromatic N) is 2. The van der Waals surface area contributed by atoms with Crippen molar-refractivity contribution >= 4 is 35.3 Å². The number of hydrogen-bond donors (Lipinski definition) is 1. The Labute approximate surface area is 172 Å². The number of carbonyl (C=O) groups is 1. The van der Waals surface area contributed by atoms with Gasteiger partial charge >= 0.3 is 0 Å². The Bertz CT molecular complexity index is 1090. The maximum absolute atomic E-state index is 12.6. The number of pyridine rings is 1. The second kappa shape index (κ2) is 8.87. The standard InChI is InChI=1S/C21H17Cl2N3O2/c1-14-4-6-15(7-5-14)13-26-10-2-3-18(21(26)28)20(27)25-24-12-16-8-9-17(22)11-19(16)23/h2-12H,13H2,1H3,(H,25,27)/b24-12-. The molecule has 1 heterocycles. The number of aromatic nitrogens is 1. The summed E-state index contributed by atoms with van der Waals surface area (Å²) in [5, 5.41) is 4.78. The number of hydrogen-bond acceptors (Lipinski definition) is 3. The normalized spacial score (nSPS) is 11.0. The Morgan fingerprint density at radius 2 is 1.89 bits per heavy atom. The SMILES string of the molecule is Cc1ccc(Cn2cccc(C(=O)N/N=C\c3ccc(Cl)cc3Cl)c2=O)cc1. The van der Waals surface area contributed by atoms with Crippen molar-refractivity contribution in [1.29, 1.82) is 0 Å². The van der Waals surface area contributed by atoms with Crippen molar-refractivity contribution in [2.45, 2.75) is 13.5 Å². The fraction of sp³-hybridized carbons (Fsp3) is 0.0952. The molecule has 0 fully saturated rings. The summed E-state index contributed by atoms with van der Waals surface area (Å²) in [4.78, 5) is 25.0. The lowest BCUT2D eigenvalue weighted by atomic mass is 10.1. The summed E-state index contributed by atoms with van der Waals surface area (Å²) in [5.74, 6) is -0.593. The summed E-state index contributed by atoms with van der Waals surface area (Å²) in [5.41, 5.74) is 4.68.